The molecular formula is C22H27N5O3. The normalized spacial score (nSPS) is 11.1. The maximum absolute atomic E-state index is 13.0. The topological polar surface area (TPSA) is 100 Å². The van der Waals surface area contributed by atoms with Gasteiger partial charge in [0.1, 0.15) is 0 Å². The number of nitrogens with zero attached hydrogens (tertiary/aromatic N) is 4. The van der Waals surface area contributed by atoms with E-state index < -0.39 is 0 Å². The average Bonchev–Trinajstić information content (AvgIpc) is 3.13. The summed E-state index contributed by atoms with van der Waals surface area (Å²) in [6, 6.07) is 9.13. The lowest BCUT2D eigenvalue weighted by molar-refractivity contribution is -0.114. The van der Waals surface area contributed by atoms with Gasteiger partial charge in [-0.3, -0.25) is 14.6 Å². The van der Waals surface area contributed by atoms with E-state index in [1.807, 2.05) is 36.6 Å². The molecule has 2 aromatic heterocycles. The Morgan fingerprint density at radius 1 is 1.23 bits per heavy atom. The fourth-order valence-electron chi connectivity index (χ4n) is 3.44. The quantitative estimate of drug-likeness (QED) is 0.595. The molecule has 2 N–H and O–H groups in total. The average molecular weight is 409 g/mol. The van der Waals surface area contributed by atoms with Gasteiger partial charge in [0, 0.05) is 49.9 Å². The number of imidazole rings is 1. The summed E-state index contributed by atoms with van der Waals surface area (Å²) >= 11 is 0. The number of pyridine rings is 1. The molecule has 0 bridgehead atoms. The molecule has 0 saturated carbocycles. The number of amides is 2. The Labute approximate surface area is 175 Å². The van der Waals surface area contributed by atoms with E-state index in [1.165, 1.54) is 6.92 Å². The molecule has 8 heteroatoms. The van der Waals surface area contributed by atoms with Crippen molar-refractivity contribution in [2.24, 2.45) is 0 Å². The molecule has 0 atom stereocenters. The summed E-state index contributed by atoms with van der Waals surface area (Å²) in [5, 5.41) is 12.1. The zero-order valence-corrected chi connectivity index (χ0v) is 17.5. The Morgan fingerprint density at radius 2 is 2.03 bits per heavy atom. The fraction of sp³-hybridized carbons (Fsp3) is 0.364. The molecule has 158 valence electrons. The van der Waals surface area contributed by atoms with E-state index in [0.29, 0.717) is 29.7 Å². The molecule has 3 rings (SSSR count). The molecule has 0 aliphatic heterocycles. The van der Waals surface area contributed by atoms with Gasteiger partial charge in [0.2, 0.25) is 5.91 Å². The number of anilines is 1. The molecule has 0 fully saturated rings. The third-order valence-corrected chi connectivity index (χ3v) is 4.83. The molecule has 3 aromatic rings. The number of nitrogens with one attached hydrogen (secondary N) is 1. The molecule has 0 saturated heterocycles. The second-order valence-corrected chi connectivity index (χ2v) is 7.40. The van der Waals surface area contributed by atoms with Gasteiger partial charge < -0.3 is 19.9 Å². The number of benzene rings is 1. The SMILES string of the molecule is CC(=O)Nc1cc(C(=O)N(CCO)C(C)C)cc2ncn(CCc3ccccn3)c12. The van der Waals surface area contributed by atoms with Crippen LogP contribution in [0, 0.1) is 0 Å². The summed E-state index contributed by atoms with van der Waals surface area (Å²) in [4.78, 5) is 35.3. The predicted octanol–water partition coefficient (Wildman–Crippen LogP) is 2.48. The highest BCUT2D eigenvalue weighted by molar-refractivity contribution is 6.05. The third-order valence-electron chi connectivity index (χ3n) is 4.83. The Hall–Kier alpha value is -3.26. The number of aromatic nitrogens is 3. The van der Waals surface area contributed by atoms with Crippen LogP contribution in [-0.2, 0) is 17.8 Å². The molecule has 2 amide bonds. The predicted molar refractivity (Wildman–Crippen MR) is 115 cm³/mol. The van der Waals surface area contributed by atoms with Crippen LogP contribution in [0.4, 0.5) is 5.69 Å². The summed E-state index contributed by atoms with van der Waals surface area (Å²) in [6.07, 6.45) is 4.18. The maximum Gasteiger partial charge on any atom is 0.254 e. The molecule has 2 heterocycles. The lowest BCUT2D eigenvalue weighted by Crippen LogP contribution is -2.39. The summed E-state index contributed by atoms with van der Waals surface area (Å²) in [5.41, 5.74) is 3.30. The van der Waals surface area contributed by atoms with E-state index in [-0.39, 0.29) is 31.0 Å². The highest BCUT2D eigenvalue weighted by Crippen LogP contribution is 2.27. The van der Waals surface area contributed by atoms with Crippen molar-refractivity contribution in [2.75, 3.05) is 18.5 Å². The van der Waals surface area contributed by atoms with Crippen molar-refractivity contribution in [1.29, 1.82) is 0 Å². The van der Waals surface area contributed by atoms with Gasteiger partial charge >= 0.3 is 0 Å². The van der Waals surface area contributed by atoms with Crippen molar-refractivity contribution >= 4 is 28.5 Å². The zero-order valence-electron chi connectivity index (χ0n) is 17.5. The van der Waals surface area contributed by atoms with E-state index in [4.69, 9.17) is 0 Å². The van der Waals surface area contributed by atoms with E-state index in [1.54, 1.807) is 29.6 Å². The molecule has 0 spiro atoms. The first-order valence-corrected chi connectivity index (χ1v) is 9.99. The van der Waals surface area contributed by atoms with Crippen LogP contribution in [0.5, 0.6) is 0 Å². The van der Waals surface area contributed by atoms with Crippen molar-refractivity contribution in [3.63, 3.8) is 0 Å². The number of rotatable bonds is 8. The number of hydrogen-bond donors (Lipinski definition) is 2. The highest BCUT2D eigenvalue weighted by atomic mass is 16.3. The van der Waals surface area contributed by atoms with E-state index >= 15 is 0 Å². The summed E-state index contributed by atoms with van der Waals surface area (Å²) in [7, 11) is 0. The van der Waals surface area contributed by atoms with Crippen LogP contribution in [0.3, 0.4) is 0 Å². The Balaban J connectivity index is 1.98. The molecule has 1 aromatic carbocycles. The van der Waals surface area contributed by atoms with Gasteiger partial charge in [-0.1, -0.05) is 6.07 Å². The largest absolute Gasteiger partial charge is 0.395 e. The monoisotopic (exact) mass is 409 g/mol. The molecule has 0 radical (unpaired) electrons. The highest BCUT2D eigenvalue weighted by Gasteiger charge is 2.21. The van der Waals surface area contributed by atoms with E-state index in [9.17, 15) is 14.7 Å². The molecule has 30 heavy (non-hydrogen) atoms. The molecular weight excluding hydrogens is 382 g/mol. The second kappa shape index (κ2) is 9.49. The standard InChI is InChI=1S/C22H27N5O3/c1-15(2)27(10-11-28)22(30)17-12-19-21(20(13-17)25-16(3)29)26(14-24-19)9-7-18-6-4-5-8-23-18/h4-6,8,12-15,28H,7,9-11H2,1-3H3,(H,25,29). The van der Waals surface area contributed by atoms with Crippen LogP contribution in [0.2, 0.25) is 0 Å². The third kappa shape index (κ3) is 4.83. The minimum Gasteiger partial charge on any atom is -0.395 e. The van der Waals surface area contributed by atoms with Crippen molar-refractivity contribution in [1.82, 2.24) is 19.4 Å². The number of fused-ring (bicyclic) bond motifs is 1. The van der Waals surface area contributed by atoms with Crippen molar-refractivity contribution in [3.05, 3.63) is 54.1 Å². The van der Waals surface area contributed by atoms with Gasteiger partial charge in [0.05, 0.1) is 29.7 Å². The first kappa shape index (κ1) is 21.4. The minimum atomic E-state index is -0.227. The smallest absolute Gasteiger partial charge is 0.254 e. The first-order valence-electron chi connectivity index (χ1n) is 9.99. The van der Waals surface area contributed by atoms with Gasteiger partial charge in [-0.05, 0) is 38.1 Å². The van der Waals surface area contributed by atoms with Crippen LogP contribution in [-0.4, -0.2) is 55.5 Å². The summed E-state index contributed by atoms with van der Waals surface area (Å²) < 4.78 is 1.96. The van der Waals surface area contributed by atoms with Crippen molar-refractivity contribution in [3.8, 4) is 0 Å². The summed E-state index contributed by atoms with van der Waals surface area (Å²) in [6.45, 7) is 5.98. The van der Waals surface area contributed by atoms with Crippen LogP contribution < -0.4 is 5.32 Å². The van der Waals surface area contributed by atoms with Gasteiger partial charge in [-0.2, -0.15) is 0 Å². The lowest BCUT2D eigenvalue weighted by Gasteiger charge is -2.26. The number of aryl methyl sites for hydroxylation is 2. The van der Waals surface area contributed by atoms with Gasteiger partial charge in [0.15, 0.2) is 0 Å². The molecule has 8 nitrogen and oxygen atoms in total. The van der Waals surface area contributed by atoms with Crippen LogP contribution >= 0.6 is 0 Å². The van der Waals surface area contributed by atoms with Gasteiger partial charge in [-0.15, -0.1) is 0 Å². The zero-order chi connectivity index (χ0) is 21.7. The fourth-order valence-corrected chi connectivity index (χ4v) is 3.44. The first-order chi connectivity index (χ1) is 14.4. The maximum atomic E-state index is 13.0. The Morgan fingerprint density at radius 3 is 2.67 bits per heavy atom. The lowest BCUT2D eigenvalue weighted by atomic mass is 10.1. The number of hydrogen-bond acceptors (Lipinski definition) is 5. The van der Waals surface area contributed by atoms with Crippen molar-refractivity contribution < 1.29 is 14.7 Å². The van der Waals surface area contributed by atoms with Crippen LogP contribution in [0.1, 0.15) is 36.8 Å². The van der Waals surface area contributed by atoms with E-state index in [2.05, 4.69) is 15.3 Å². The molecule has 0 unspecified atom stereocenters. The minimum absolute atomic E-state index is 0.0690. The molecule has 0 aliphatic carbocycles. The Bertz CT molecular complexity index is 1030. The summed E-state index contributed by atoms with van der Waals surface area (Å²) in [5.74, 6) is -0.440. The second-order valence-electron chi connectivity index (χ2n) is 7.40. The van der Waals surface area contributed by atoms with Gasteiger partial charge in [-0.25, -0.2) is 4.98 Å². The van der Waals surface area contributed by atoms with Gasteiger partial charge in [0.25, 0.3) is 5.91 Å². The number of carbonyl (C=O) groups excluding carboxylic acids is 2. The van der Waals surface area contributed by atoms with Crippen LogP contribution in [0.15, 0.2) is 42.9 Å². The van der Waals surface area contributed by atoms with Crippen LogP contribution in [0.25, 0.3) is 11.0 Å². The number of aliphatic hydroxyl groups excluding tert-OH is 1. The Kier molecular flexibility index (Phi) is 6.79. The number of aliphatic hydroxyl groups is 1. The molecule has 0 aliphatic rings. The van der Waals surface area contributed by atoms with E-state index in [0.717, 1.165) is 11.2 Å². The van der Waals surface area contributed by atoms with Crippen molar-refractivity contribution in [2.45, 2.75) is 39.8 Å². The number of carbonyl (C=O) groups is 2.